The van der Waals surface area contributed by atoms with Gasteiger partial charge in [-0.15, -0.1) is 11.3 Å². The fraction of sp³-hybridized carbons (Fsp3) is 0.500. The van der Waals surface area contributed by atoms with Crippen molar-refractivity contribution in [3.63, 3.8) is 0 Å². The Morgan fingerprint density at radius 2 is 2.39 bits per heavy atom. The lowest BCUT2D eigenvalue weighted by Crippen LogP contribution is -2.29. The molecule has 0 saturated carbocycles. The third-order valence-electron chi connectivity index (χ3n) is 3.12. The molecule has 0 amide bonds. The molecule has 2 rings (SSSR count). The van der Waals surface area contributed by atoms with Crippen molar-refractivity contribution in [2.24, 2.45) is 5.84 Å². The highest BCUT2D eigenvalue weighted by Crippen LogP contribution is 2.20. The van der Waals surface area contributed by atoms with E-state index in [1.165, 1.54) is 0 Å². The van der Waals surface area contributed by atoms with Crippen LogP contribution in [0.1, 0.15) is 42.9 Å². The summed E-state index contributed by atoms with van der Waals surface area (Å²) in [5.74, 6) is 5.60. The van der Waals surface area contributed by atoms with Crippen LogP contribution in [0.5, 0.6) is 0 Å². The van der Waals surface area contributed by atoms with Crippen molar-refractivity contribution in [2.75, 3.05) is 0 Å². The molecule has 2 unspecified atom stereocenters. The number of nitrogens with two attached hydrogens (primary N) is 1. The fourth-order valence-corrected chi connectivity index (χ4v) is 2.45. The number of hydrogen-bond acceptors (Lipinski definition) is 5. The van der Waals surface area contributed by atoms with E-state index in [9.17, 15) is 0 Å². The van der Waals surface area contributed by atoms with Gasteiger partial charge in [-0.2, -0.15) is 5.10 Å². The first kappa shape index (κ1) is 13.2. The van der Waals surface area contributed by atoms with Gasteiger partial charge in [0.05, 0.1) is 17.2 Å². The Labute approximate surface area is 111 Å². The lowest BCUT2D eigenvalue weighted by atomic mass is 10.1. The van der Waals surface area contributed by atoms with Gasteiger partial charge in [0, 0.05) is 29.7 Å². The first-order valence-electron chi connectivity index (χ1n) is 6.13. The second-order valence-corrected chi connectivity index (χ2v) is 5.29. The molecule has 0 saturated heterocycles. The number of hydrogen-bond donors (Lipinski definition) is 2. The predicted octanol–water partition coefficient (Wildman–Crippen LogP) is 2.06. The number of nitrogens with one attached hydrogen (secondary N) is 1. The highest BCUT2D eigenvalue weighted by atomic mass is 32.1. The van der Waals surface area contributed by atoms with Gasteiger partial charge in [0.25, 0.3) is 0 Å². The van der Waals surface area contributed by atoms with Gasteiger partial charge >= 0.3 is 0 Å². The van der Waals surface area contributed by atoms with Crippen LogP contribution in [-0.4, -0.2) is 14.8 Å². The molecule has 5 nitrogen and oxygen atoms in total. The molecule has 0 spiro atoms. The Balaban J connectivity index is 2.06. The van der Waals surface area contributed by atoms with E-state index in [1.807, 2.05) is 22.6 Å². The summed E-state index contributed by atoms with van der Waals surface area (Å²) in [6.45, 7) is 4.33. The van der Waals surface area contributed by atoms with E-state index >= 15 is 0 Å². The molecular weight excluding hydrogens is 246 g/mol. The molecule has 2 aromatic heterocycles. The molecule has 2 heterocycles. The molecule has 0 bridgehead atoms. The highest BCUT2D eigenvalue weighted by Gasteiger charge is 2.14. The zero-order valence-corrected chi connectivity index (χ0v) is 11.5. The van der Waals surface area contributed by atoms with Gasteiger partial charge in [0.1, 0.15) is 0 Å². The van der Waals surface area contributed by atoms with Crippen molar-refractivity contribution < 1.29 is 0 Å². The van der Waals surface area contributed by atoms with Crippen molar-refractivity contribution in [1.29, 1.82) is 0 Å². The van der Waals surface area contributed by atoms with Crippen molar-refractivity contribution in [1.82, 2.24) is 20.2 Å². The minimum Gasteiger partial charge on any atom is -0.271 e. The highest BCUT2D eigenvalue weighted by molar-refractivity contribution is 7.09. The molecule has 98 valence electrons. The summed E-state index contributed by atoms with van der Waals surface area (Å²) < 4.78 is 2.01. The monoisotopic (exact) mass is 265 g/mol. The Kier molecular flexibility index (Phi) is 4.46. The largest absolute Gasteiger partial charge is 0.271 e. The first-order chi connectivity index (χ1) is 8.74. The molecule has 2 aromatic rings. The van der Waals surface area contributed by atoms with E-state index in [1.54, 1.807) is 11.3 Å². The van der Waals surface area contributed by atoms with Gasteiger partial charge in [-0.25, -0.2) is 0 Å². The third kappa shape index (κ3) is 2.95. The Bertz CT molecular complexity index is 465. The molecule has 2 atom stereocenters. The quantitative estimate of drug-likeness (QED) is 0.619. The van der Waals surface area contributed by atoms with Gasteiger partial charge in [0.15, 0.2) is 0 Å². The normalized spacial score (nSPS) is 14.6. The summed E-state index contributed by atoms with van der Waals surface area (Å²) in [5.41, 5.74) is 5.69. The first-order valence-corrected chi connectivity index (χ1v) is 7.01. The molecule has 3 N–H and O–H groups in total. The molecule has 0 radical (unpaired) electrons. The standard InChI is InChI=1S/C12H19N5S/c1-3-9(2)17-5-4-10(16-17)6-11(15-13)12-7-14-8-18-12/h4-5,7-9,11,15H,3,6,13H2,1-2H3. The van der Waals surface area contributed by atoms with Crippen molar-refractivity contribution in [3.05, 3.63) is 34.5 Å². The summed E-state index contributed by atoms with van der Waals surface area (Å²) in [5, 5.41) is 4.58. The Morgan fingerprint density at radius 3 is 3.00 bits per heavy atom. The lowest BCUT2D eigenvalue weighted by molar-refractivity contribution is 0.467. The zero-order valence-electron chi connectivity index (χ0n) is 10.7. The SMILES string of the molecule is CCC(C)n1ccc(CC(NN)c2cncs2)n1. The van der Waals surface area contributed by atoms with Crippen molar-refractivity contribution in [2.45, 2.75) is 38.8 Å². The average Bonchev–Trinajstić information content (AvgIpc) is 3.05. The minimum absolute atomic E-state index is 0.0813. The van der Waals surface area contributed by atoms with E-state index in [-0.39, 0.29) is 6.04 Å². The van der Waals surface area contributed by atoms with Gasteiger partial charge in [-0.3, -0.25) is 20.9 Å². The topological polar surface area (TPSA) is 68.8 Å². The molecular formula is C12H19N5S. The van der Waals surface area contributed by atoms with Crippen LogP contribution in [0.15, 0.2) is 24.0 Å². The van der Waals surface area contributed by atoms with Crippen LogP contribution in [0.25, 0.3) is 0 Å². The minimum atomic E-state index is 0.0813. The van der Waals surface area contributed by atoms with Crippen LogP contribution in [0.2, 0.25) is 0 Å². The number of rotatable bonds is 6. The molecule has 0 fully saturated rings. The zero-order chi connectivity index (χ0) is 13.0. The van der Waals surface area contributed by atoms with E-state index < -0.39 is 0 Å². The van der Waals surface area contributed by atoms with Gasteiger partial charge in [-0.1, -0.05) is 6.92 Å². The van der Waals surface area contributed by atoms with E-state index in [4.69, 9.17) is 5.84 Å². The number of aromatic nitrogens is 3. The van der Waals surface area contributed by atoms with Gasteiger partial charge in [-0.05, 0) is 19.4 Å². The maximum absolute atomic E-state index is 5.60. The molecule has 0 aliphatic rings. The second kappa shape index (κ2) is 6.08. The second-order valence-electron chi connectivity index (χ2n) is 4.37. The van der Waals surface area contributed by atoms with Crippen LogP contribution in [0.3, 0.4) is 0 Å². The maximum Gasteiger partial charge on any atom is 0.0794 e. The average molecular weight is 265 g/mol. The van der Waals surface area contributed by atoms with Crippen LogP contribution in [0, 0.1) is 0 Å². The molecule has 6 heteroatoms. The Morgan fingerprint density at radius 1 is 1.56 bits per heavy atom. The summed E-state index contributed by atoms with van der Waals surface area (Å²) in [4.78, 5) is 5.21. The molecule has 0 aliphatic carbocycles. The molecule has 18 heavy (non-hydrogen) atoms. The summed E-state index contributed by atoms with van der Waals surface area (Å²) in [7, 11) is 0. The maximum atomic E-state index is 5.60. The predicted molar refractivity (Wildman–Crippen MR) is 73.1 cm³/mol. The summed E-state index contributed by atoms with van der Waals surface area (Å²) in [6, 6.07) is 2.57. The summed E-state index contributed by atoms with van der Waals surface area (Å²) >= 11 is 1.60. The van der Waals surface area contributed by atoms with Crippen LogP contribution < -0.4 is 11.3 Å². The van der Waals surface area contributed by atoms with Gasteiger partial charge < -0.3 is 0 Å². The Hall–Kier alpha value is -1.24. The van der Waals surface area contributed by atoms with E-state index in [0.29, 0.717) is 6.04 Å². The smallest absolute Gasteiger partial charge is 0.0794 e. The third-order valence-corrected chi connectivity index (χ3v) is 4.00. The number of thiazole rings is 1. The molecule has 0 aliphatic heterocycles. The molecule has 0 aromatic carbocycles. The van der Waals surface area contributed by atoms with Crippen molar-refractivity contribution in [3.8, 4) is 0 Å². The fourth-order valence-electron chi connectivity index (χ4n) is 1.77. The van der Waals surface area contributed by atoms with Crippen LogP contribution >= 0.6 is 11.3 Å². The van der Waals surface area contributed by atoms with Crippen LogP contribution in [0.4, 0.5) is 0 Å². The van der Waals surface area contributed by atoms with Crippen LogP contribution in [-0.2, 0) is 6.42 Å². The number of nitrogens with zero attached hydrogens (tertiary/aromatic N) is 3. The lowest BCUT2D eigenvalue weighted by Gasteiger charge is -2.12. The van der Waals surface area contributed by atoms with E-state index in [0.717, 1.165) is 23.4 Å². The summed E-state index contributed by atoms with van der Waals surface area (Å²) in [6.07, 6.45) is 5.74. The van der Waals surface area contributed by atoms with Crippen molar-refractivity contribution >= 4 is 11.3 Å². The van der Waals surface area contributed by atoms with Gasteiger partial charge in [0.2, 0.25) is 0 Å². The number of hydrazine groups is 1. The van der Waals surface area contributed by atoms with E-state index in [2.05, 4.69) is 35.4 Å².